The lowest BCUT2D eigenvalue weighted by Crippen LogP contribution is -2.63. The van der Waals surface area contributed by atoms with Crippen LogP contribution in [0.1, 0.15) is 41.0 Å². The van der Waals surface area contributed by atoms with E-state index in [4.69, 9.17) is 0 Å². The molecule has 0 N–H and O–H groups in total. The Hall–Kier alpha value is -1.84. The van der Waals surface area contributed by atoms with Crippen molar-refractivity contribution >= 4 is 11.8 Å². The third-order valence-corrected chi connectivity index (χ3v) is 5.11. The van der Waals surface area contributed by atoms with Crippen LogP contribution in [0, 0.1) is 10.8 Å². The van der Waals surface area contributed by atoms with Crippen molar-refractivity contribution < 1.29 is 9.59 Å². The minimum absolute atomic E-state index is 0.0125. The highest BCUT2D eigenvalue weighted by Gasteiger charge is 2.52. The maximum absolute atomic E-state index is 12.9. The van der Waals surface area contributed by atoms with Crippen LogP contribution < -0.4 is 0 Å². The summed E-state index contributed by atoms with van der Waals surface area (Å²) < 4.78 is 0. The molecule has 1 aromatic rings. The van der Waals surface area contributed by atoms with Crippen LogP contribution >= 0.6 is 0 Å². The summed E-state index contributed by atoms with van der Waals surface area (Å²) in [7, 11) is 0. The fourth-order valence-corrected chi connectivity index (χ4v) is 4.79. The van der Waals surface area contributed by atoms with Gasteiger partial charge in [0, 0.05) is 37.0 Å². The lowest BCUT2D eigenvalue weighted by molar-refractivity contribution is -0.0520. The lowest BCUT2D eigenvalue weighted by Gasteiger charge is -2.56. The lowest BCUT2D eigenvalue weighted by atomic mass is 9.65. The molecule has 0 unspecified atom stereocenters. The molecule has 5 rings (SSSR count). The van der Waals surface area contributed by atoms with Crippen LogP contribution in [-0.4, -0.2) is 47.8 Å². The molecule has 21 heavy (non-hydrogen) atoms. The fraction of sp³-hybridized carbons (Fsp3) is 0.529. The van der Waals surface area contributed by atoms with Crippen LogP contribution in [0.4, 0.5) is 0 Å². The third-order valence-electron chi connectivity index (χ3n) is 5.11. The Balaban J connectivity index is 1.93. The number of benzene rings is 1. The van der Waals surface area contributed by atoms with Crippen LogP contribution in [0.3, 0.4) is 0 Å². The number of rotatable bonds is 0. The van der Waals surface area contributed by atoms with E-state index < -0.39 is 0 Å². The van der Waals surface area contributed by atoms with Gasteiger partial charge in [-0.1, -0.05) is 26.0 Å². The molecular weight excluding hydrogens is 264 g/mol. The molecule has 4 aliphatic rings. The smallest absolute Gasteiger partial charge is 0.254 e. The van der Waals surface area contributed by atoms with Crippen LogP contribution in [0.2, 0.25) is 0 Å². The van der Waals surface area contributed by atoms with Crippen molar-refractivity contribution in [3.05, 3.63) is 35.4 Å². The summed E-state index contributed by atoms with van der Waals surface area (Å²) in [5.41, 5.74) is 1.14. The molecule has 110 valence electrons. The highest BCUT2D eigenvalue weighted by Crippen LogP contribution is 2.46. The summed E-state index contributed by atoms with van der Waals surface area (Å²) >= 11 is 0. The van der Waals surface area contributed by atoms with E-state index in [1.54, 1.807) is 12.1 Å². The number of hydrogen-bond donors (Lipinski definition) is 0. The zero-order valence-electron chi connectivity index (χ0n) is 12.6. The summed E-state index contributed by atoms with van der Waals surface area (Å²) in [4.78, 5) is 29.7. The topological polar surface area (TPSA) is 40.6 Å². The summed E-state index contributed by atoms with van der Waals surface area (Å²) in [6.07, 6.45) is 1.09. The summed E-state index contributed by atoms with van der Waals surface area (Å²) in [6, 6.07) is 7.25. The molecule has 0 radical (unpaired) electrons. The van der Waals surface area contributed by atoms with Gasteiger partial charge in [-0.3, -0.25) is 9.59 Å². The van der Waals surface area contributed by atoms with E-state index in [0.29, 0.717) is 11.1 Å². The van der Waals surface area contributed by atoms with Crippen LogP contribution in [0.25, 0.3) is 0 Å². The zero-order valence-corrected chi connectivity index (χ0v) is 12.6. The van der Waals surface area contributed by atoms with Gasteiger partial charge in [-0.25, -0.2) is 0 Å². The first-order chi connectivity index (χ1) is 9.89. The molecule has 0 atom stereocenters. The van der Waals surface area contributed by atoms with E-state index in [9.17, 15) is 9.59 Å². The maximum Gasteiger partial charge on any atom is 0.254 e. The third kappa shape index (κ3) is 1.81. The quantitative estimate of drug-likeness (QED) is 0.731. The average Bonchev–Trinajstić information content (AvgIpc) is 2.45. The summed E-state index contributed by atoms with van der Waals surface area (Å²) in [6.45, 7) is 7.42. The van der Waals surface area contributed by atoms with Gasteiger partial charge in [0.25, 0.3) is 11.8 Å². The van der Waals surface area contributed by atoms with Crippen LogP contribution in [0.15, 0.2) is 24.3 Å². The van der Waals surface area contributed by atoms with Gasteiger partial charge in [0.15, 0.2) is 0 Å². The fourth-order valence-electron chi connectivity index (χ4n) is 4.79. The number of amides is 2. The van der Waals surface area contributed by atoms with E-state index in [0.717, 1.165) is 32.6 Å². The Morgan fingerprint density at radius 3 is 1.57 bits per heavy atom. The summed E-state index contributed by atoms with van der Waals surface area (Å²) in [5.74, 6) is 0.0275. The number of carbonyl (C=O) groups excluding carboxylic acids is 2. The second-order valence-corrected chi connectivity index (χ2v) is 7.67. The largest absolute Gasteiger partial charge is 0.337 e. The molecule has 2 saturated heterocycles. The number of nitrogens with zero attached hydrogens (tertiary/aromatic N) is 2. The molecule has 0 spiro atoms. The minimum atomic E-state index is 0.0125. The van der Waals surface area contributed by atoms with Gasteiger partial charge in [-0.15, -0.1) is 0 Å². The normalized spacial score (nSPS) is 34.6. The van der Waals surface area contributed by atoms with E-state index in [1.807, 2.05) is 21.9 Å². The van der Waals surface area contributed by atoms with Gasteiger partial charge in [0.1, 0.15) is 0 Å². The van der Waals surface area contributed by atoms with Crippen LogP contribution in [-0.2, 0) is 0 Å². The van der Waals surface area contributed by atoms with E-state index in [2.05, 4.69) is 13.8 Å². The van der Waals surface area contributed by atoms with Crippen molar-refractivity contribution in [1.29, 1.82) is 0 Å². The molecule has 0 aromatic heterocycles. The van der Waals surface area contributed by atoms with E-state index >= 15 is 0 Å². The first-order valence-electron chi connectivity index (χ1n) is 7.57. The molecule has 4 heterocycles. The van der Waals surface area contributed by atoms with Crippen molar-refractivity contribution in [3.63, 3.8) is 0 Å². The van der Waals surface area contributed by atoms with Gasteiger partial charge in [0.2, 0.25) is 0 Å². The second kappa shape index (κ2) is 3.87. The van der Waals surface area contributed by atoms with Crippen molar-refractivity contribution in [1.82, 2.24) is 9.80 Å². The minimum Gasteiger partial charge on any atom is -0.337 e. The van der Waals surface area contributed by atoms with Crippen molar-refractivity contribution in [2.45, 2.75) is 20.3 Å². The molecule has 4 heteroatoms. The number of piperidine rings is 2. The molecule has 1 aromatic carbocycles. The van der Waals surface area contributed by atoms with E-state index in [-0.39, 0.29) is 22.6 Å². The number of carbonyl (C=O) groups is 2. The molecular formula is C17H20N2O2. The van der Waals surface area contributed by atoms with Crippen molar-refractivity contribution in [2.75, 3.05) is 26.2 Å². The monoisotopic (exact) mass is 284 g/mol. The van der Waals surface area contributed by atoms with Gasteiger partial charge in [-0.2, -0.15) is 0 Å². The first-order valence-corrected chi connectivity index (χ1v) is 7.57. The molecule has 0 aliphatic carbocycles. The Morgan fingerprint density at radius 2 is 1.19 bits per heavy atom. The summed E-state index contributed by atoms with van der Waals surface area (Å²) in [5, 5.41) is 0. The highest BCUT2D eigenvalue weighted by atomic mass is 16.2. The molecule has 4 nitrogen and oxygen atoms in total. The zero-order chi connectivity index (χ0) is 14.8. The Labute approximate surface area is 124 Å². The molecule has 0 saturated carbocycles. The Bertz CT molecular complexity index is 585. The van der Waals surface area contributed by atoms with Gasteiger partial charge in [-0.05, 0) is 18.6 Å². The predicted molar refractivity (Wildman–Crippen MR) is 79.1 cm³/mol. The average molecular weight is 284 g/mol. The Morgan fingerprint density at radius 1 is 0.810 bits per heavy atom. The van der Waals surface area contributed by atoms with Crippen molar-refractivity contribution in [2.24, 2.45) is 10.8 Å². The van der Waals surface area contributed by atoms with Gasteiger partial charge in [0.05, 0.1) is 11.1 Å². The Kier molecular flexibility index (Phi) is 2.37. The number of hydrogen-bond acceptors (Lipinski definition) is 2. The van der Waals surface area contributed by atoms with Gasteiger partial charge >= 0.3 is 0 Å². The highest BCUT2D eigenvalue weighted by molar-refractivity contribution is 6.07. The maximum atomic E-state index is 12.9. The van der Waals surface area contributed by atoms with E-state index in [1.165, 1.54) is 0 Å². The molecule has 2 amide bonds. The molecule has 2 fully saturated rings. The SMILES string of the molecule is CC12CN3CC(C)(CN(C1)C(=O)c1ccccc1C3=O)C2. The first kappa shape index (κ1) is 12.9. The predicted octanol–water partition coefficient (Wildman–Crippen LogP) is 2.01. The second-order valence-electron chi connectivity index (χ2n) is 7.67. The van der Waals surface area contributed by atoms with Gasteiger partial charge < -0.3 is 9.80 Å². The standard InChI is InChI=1S/C17H20N2O2/c1-16-7-17(2)10-18(8-16)14(20)12-5-3-4-6-13(12)15(21)19(9-16)11-17/h3-6H,7-11H2,1-2H3. The van der Waals surface area contributed by atoms with Crippen LogP contribution in [0.5, 0.6) is 0 Å². The molecule has 4 bridgehead atoms. The molecule has 4 aliphatic heterocycles. The van der Waals surface area contributed by atoms with Crippen molar-refractivity contribution in [3.8, 4) is 0 Å².